The number of amides is 1. The number of rotatable bonds is 8. The molecule has 0 bridgehead atoms. The smallest absolute Gasteiger partial charge is 0.234 e. The van der Waals surface area contributed by atoms with Gasteiger partial charge >= 0.3 is 0 Å². The summed E-state index contributed by atoms with van der Waals surface area (Å²) in [7, 11) is 0. The Morgan fingerprint density at radius 3 is 2.43 bits per heavy atom. The fourth-order valence-corrected chi connectivity index (χ4v) is 3.60. The lowest BCUT2D eigenvalue weighted by Crippen LogP contribution is -2.56. The third-order valence-corrected chi connectivity index (χ3v) is 5.20. The van der Waals surface area contributed by atoms with Crippen LogP contribution in [0.15, 0.2) is 0 Å². The molecule has 0 spiro atoms. The Morgan fingerprint density at radius 2 is 1.90 bits per heavy atom. The molecule has 0 radical (unpaired) electrons. The molecule has 2 saturated carbocycles. The van der Waals surface area contributed by atoms with Crippen LogP contribution < -0.4 is 11.1 Å². The molecular weight excluding hydrogens is 262 g/mol. The summed E-state index contributed by atoms with van der Waals surface area (Å²) in [5.74, 6) is 0.933. The molecule has 4 nitrogen and oxygen atoms in total. The van der Waals surface area contributed by atoms with E-state index in [1.54, 1.807) is 0 Å². The van der Waals surface area contributed by atoms with E-state index in [-0.39, 0.29) is 11.4 Å². The molecule has 2 aliphatic rings. The van der Waals surface area contributed by atoms with E-state index in [1.165, 1.54) is 38.5 Å². The van der Waals surface area contributed by atoms with Crippen LogP contribution in [0.4, 0.5) is 0 Å². The summed E-state index contributed by atoms with van der Waals surface area (Å²) in [4.78, 5) is 14.6. The second-order valence-corrected chi connectivity index (χ2v) is 7.01. The third kappa shape index (κ3) is 4.96. The first-order valence-corrected chi connectivity index (χ1v) is 8.92. The van der Waals surface area contributed by atoms with Crippen molar-refractivity contribution in [2.45, 2.75) is 70.3 Å². The zero-order valence-electron chi connectivity index (χ0n) is 13.7. The van der Waals surface area contributed by atoms with Crippen LogP contribution in [0, 0.1) is 5.92 Å². The quantitative estimate of drug-likeness (QED) is 0.675. The van der Waals surface area contributed by atoms with Gasteiger partial charge in [0.25, 0.3) is 0 Å². The van der Waals surface area contributed by atoms with E-state index in [1.807, 2.05) is 0 Å². The zero-order valence-corrected chi connectivity index (χ0v) is 13.7. The maximum atomic E-state index is 12.3. The van der Waals surface area contributed by atoms with E-state index < -0.39 is 0 Å². The molecule has 0 heterocycles. The number of carbonyl (C=O) groups is 1. The van der Waals surface area contributed by atoms with Crippen molar-refractivity contribution < 1.29 is 4.79 Å². The topological polar surface area (TPSA) is 58.4 Å². The molecule has 122 valence electrons. The second kappa shape index (κ2) is 8.14. The first-order valence-electron chi connectivity index (χ1n) is 8.92. The van der Waals surface area contributed by atoms with Gasteiger partial charge < -0.3 is 11.1 Å². The minimum atomic E-state index is 0.0590. The number of nitrogens with one attached hydrogen (secondary N) is 1. The standard InChI is InChI=1S/C17H33N3O/c1-2-11-20(13-16(21)19-12-15-7-8-15)17(14-18)9-5-3-4-6-10-17/h15H,2-14,18H2,1H3,(H,19,21). The largest absolute Gasteiger partial charge is 0.355 e. The van der Waals surface area contributed by atoms with E-state index in [0.29, 0.717) is 13.1 Å². The van der Waals surface area contributed by atoms with Crippen molar-refractivity contribution in [1.29, 1.82) is 0 Å². The fraction of sp³-hybridized carbons (Fsp3) is 0.941. The summed E-state index contributed by atoms with van der Waals surface area (Å²) >= 11 is 0. The van der Waals surface area contributed by atoms with Gasteiger partial charge in [-0.25, -0.2) is 0 Å². The van der Waals surface area contributed by atoms with E-state index in [4.69, 9.17) is 5.73 Å². The van der Waals surface area contributed by atoms with E-state index in [2.05, 4.69) is 17.1 Å². The second-order valence-electron chi connectivity index (χ2n) is 7.01. The summed E-state index contributed by atoms with van der Waals surface area (Å²) in [5.41, 5.74) is 6.23. The SMILES string of the molecule is CCCN(CC(=O)NCC1CC1)C1(CN)CCCCCC1. The van der Waals surface area contributed by atoms with Crippen molar-refractivity contribution in [1.82, 2.24) is 10.2 Å². The van der Waals surface area contributed by atoms with Crippen LogP contribution in [-0.4, -0.2) is 42.5 Å². The minimum Gasteiger partial charge on any atom is -0.355 e. The van der Waals surface area contributed by atoms with E-state index >= 15 is 0 Å². The van der Waals surface area contributed by atoms with E-state index in [0.717, 1.165) is 38.3 Å². The number of hydrogen-bond donors (Lipinski definition) is 2. The lowest BCUT2D eigenvalue weighted by Gasteiger charge is -2.43. The first-order chi connectivity index (χ1) is 10.2. The van der Waals surface area contributed by atoms with Crippen molar-refractivity contribution in [3.8, 4) is 0 Å². The zero-order chi connectivity index (χ0) is 15.1. The molecule has 3 N–H and O–H groups in total. The van der Waals surface area contributed by atoms with Gasteiger partial charge in [-0.05, 0) is 44.6 Å². The van der Waals surface area contributed by atoms with Crippen molar-refractivity contribution in [2.75, 3.05) is 26.2 Å². The average Bonchev–Trinajstić information content (AvgIpc) is 3.31. The highest BCUT2D eigenvalue weighted by atomic mass is 16.2. The number of hydrogen-bond acceptors (Lipinski definition) is 3. The highest BCUT2D eigenvalue weighted by Gasteiger charge is 2.36. The molecule has 0 aliphatic heterocycles. The van der Waals surface area contributed by atoms with Crippen molar-refractivity contribution in [2.24, 2.45) is 11.7 Å². The Hall–Kier alpha value is -0.610. The Bertz CT molecular complexity index is 320. The van der Waals surface area contributed by atoms with Crippen LogP contribution in [0.2, 0.25) is 0 Å². The van der Waals surface area contributed by atoms with Gasteiger partial charge in [0.2, 0.25) is 5.91 Å². The van der Waals surface area contributed by atoms with Crippen LogP contribution >= 0.6 is 0 Å². The normalized spacial score (nSPS) is 22.0. The molecule has 21 heavy (non-hydrogen) atoms. The maximum absolute atomic E-state index is 12.3. The molecule has 4 heteroatoms. The summed E-state index contributed by atoms with van der Waals surface area (Å²) < 4.78 is 0. The fourth-order valence-electron chi connectivity index (χ4n) is 3.60. The molecule has 2 fully saturated rings. The number of nitrogens with two attached hydrogens (primary N) is 1. The lowest BCUT2D eigenvalue weighted by atomic mass is 9.87. The van der Waals surface area contributed by atoms with Gasteiger partial charge in [0.15, 0.2) is 0 Å². The molecule has 0 aromatic rings. The molecule has 2 aliphatic carbocycles. The van der Waals surface area contributed by atoms with Crippen molar-refractivity contribution in [3.63, 3.8) is 0 Å². The van der Waals surface area contributed by atoms with Gasteiger partial charge in [0.1, 0.15) is 0 Å². The first kappa shape index (κ1) is 16.8. The Kier molecular flexibility index (Phi) is 6.49. The summed E-state index contributed by atoms with van der Waals surface area (Å²) in [5, 5.41) is 3.11. The third-order valence-electron chi connectivity index (χ3n) is 5.20. The number of carbonyl (C=O) groups excluding carboxylic acids is 1. The van der Waals surface area contributed by atoms with Gasteiger partial charge in [-0.2, -0.15) is 0 Å². The van der Waals surface area contributed by atoms with Gasteiger partial charge in [0, 0.05) is 18.6 Å². The minimum absolute atomic E-state index is 0.0590. The molecule has 0 unspecified atom stereocenters. The molecule has 0 aromatic heterocycles. The Balaban J connectivity index is 1.94. The molecule has 0 atom stereocenters. The molecule has 0 aromatic carbocycles. The average molecular weight is 295 g/mol. The van der Waals surface area contributed by atoms with Crippen molar-refractivity contribution >= 4 is 5.91 Å². The maximum Gasteiger partial charge on any atom is 0.234 e. The molecular formula is C17H33N3O. The highest BCUT2D eigenvalue weighted by molar-refractivity contribution is 5.78. The summed E-state index contributed by atoms with van der Waals surface area (Å²) in [6, 6.07) is 0. The summed E-state index contributed by atoms with van der Waals surface area (Å²) in [6.07, 6.45) is 11.1. The predicted octanol–water partition coefficient (Wildman–Crippen LogP) is 2.28. The monoisotopic (exact) mass is 295 g/mol. The Labute approximate surface area is 129 Å². The molecule has 0 saturated heterocycles. The van der Waals surface area contributed by atoms with Gasteiger partial charge in [-0.15, -0.1) is 0 Å². The van der Waals surface area contributed by atoms with Gasteiger partial charge in [-0.1, -0.05) is 32.6 Å². The van der Waals surface area contributed by atoms with Crippen LogP contribution in [0.25, 0.3) is 0 Å². The van der Waals surface area contributed by atoms with Gasteiger partial charge in [0.05, 0.1) is 6.54 Å². The number of nitrogens with zero attached hydrogens (tertiary/aromatic N) is 1. The van der Waals surface area contributed by atoms with Crippen LogP contribution in [0.1, 0.15) is 64.7 Å². The van der Waals surface area contributed by atoms with Crippen molar-refractivity contribution in [3.05, 3.63) is 0 Å². The lowest BCUT2D eigenvalue weighted by molar-refractivity contribution is -0.124. The predicted molar refractivity (Wildman–Crippen MR) is 87.1 cm³/mol. The van der Waals surface area contributed by atoms with E-state index in [9.17, 15) is 4.79 Å². The van der Waals surface area contributed by atoms with Crippen LogP contribution in [0.5, 0.6) is 0 Å². The summed E-state index contributed by atoms with van der Waals surface area (Å²) in [6.45, 7) is 5.25. The van der Waals surface area contributed by atoms with Crippen LogP contribution in [-0.2, 0) is 4.79 Å². The van der Waals surface area contributed by atoms with Gasteiger partial charge in [-0.3, -0.25) is 9.69 Å². The highest BCUT2D eigenvalue weighted by Crippen LogP contribution is 2.32. The molecule has 1 amide bonds. The van der Waals surface area contributed by atoms with Crippen LogP contribution in [0.3, 0.4) is 0 Å². The Morgan fingerprint density at radius 1 is 1.24 bits per heavy atom. The molecule has 2 rings (SSSR count).